The van der Waals surface area contributed by atoms with Crippen LogP contribution in [0, 0.1) is 5.92 Å². The van der Waals surface area contributed by atoms with Gasteiger partial charge in [0.15, 0.2) is 0 Å². The lowest BCUT2D eigenvalue weighted by atomic mass is 9.83. The van der Waals surface area contributed by atoms with Crippen molar-refractivity contribution >= 4 is 5.95 Å². The van der Waals surface area contributed by atoms with E-state index in [2.05, 4.69) is 9.97 Å². The quantitative estimate of drug-likeness (QED) is 0.911. The van der Waals surface area contributed by atoms with Crippen LogP contribution < -0.4 is 4.90 Å². The first-order valence-corrected chi connectivity index (χ1v) is 7.80. The minimum absolute atomic E-state index is 0.0405. The number of hydrogen-bond donors (Lipinski definition) is 1. The highest BCUT2D eigenvalue weighted by Gasteiger charge is 2.39. The maximum atomic E-state index is 12.8. The number of alkyl halides is 3. The largest absolute Gasteiger partial charge is 0.433 e. The van der Waals surface area contributed by atoms with Gasteiger partial charge in [-0.2, -0.15) is 13.2 Å². The van der Waals surface area contributed by atoms with Crippen LogP contribution in [0.3, 0.4) is 0 Å². The van der Waals surface area contributed by atoms with Gasteiger partial charge in [0.2, 0.25) is 5.95 Å². The Balaban J connectivity index is 1.85. The van der Waals surface area contributed by atoms with Crippen molar-refractivity contribution in [1.82, 2.24) is 9.97 Å². The van der Waals surface area contributed by atoms with Crippen molar-refractivity contribution in [2.24, 2.45) is 5.92 Å². The summed E-state index contributed by atoms with van der Waals surface area (Å²) in [6.45, 7) is 0.308. The molecule has 1 N–H and O–H groups in total. The molecule has 1 aliphatic heterocycles. The highest BCUT2D eigenvalue weighted by atomic mass is 19.4. The van der Waals surface area contributed by atoms with Crippen LogP contribution in [0.2, 0.25) is 0 Å². The minimum Gasteiger partial charge on any atom is -0.391 e. The van der Waals surface area contributed by atoms with Crippen LogP contribution in [-0.2, 0) is 6.18 Å². The normalized spacial score (nSPS) is 27.4. The Morgan fingerprint density at radius 1 is 1.18 bits per heavy atom. The van der Waals surface area contributed by atoms with Gasteiger partial charge in [-0.3, -0.25) is 0 Å². The molecule has 0 radical (unpaired) electrons. The van der Waals surface area contributed by atoms with Crippen LogP contribution in [0.5, 0.6) is 0 Å². The lowest BCUT2D eigenvalue weighted by molar-refractivity contribution is -0.141. The summed E-state index contributed by atoms with van der Waals surface area (Å²) >= 11 is 0. The molecule has 1 aromatic rings. The van der Waals surface area contributed by atoms with Gasteiger partial charge >= 0.3 is 6.18 Å². The molecule has 1 saturated carbocycles. The fourth-order valence-electron chi connectivity index (χ4n) is 3.68. The maximum Gasteiger partial charge on any atom is 0.433 e. The Kier molecular flexibility index (Phi) is 4.25. The summed E-state index contributed by atoms with van der Waals surface area (Å²) in [4.78, 5) is 9.48. The van der Waals surface area contributed by atoms with Gasteiger partial charge in [0.1, 0.15) is 5.69 Å². The van der Waals surface area contributed by atoms with Gasteiger partial charge in [-0.25, -0.2) is 9.97 Å². The zero-order chi connectivity index (χ0) is 15.7. The van der Waals surface area contributed by atoms with Crippen molar-refractivity contribution < 1.29 is 18.3 Å². The monoisotopic (exact) mass is 315 g/mol. The van der Waals surface area contributed by atoms with Crippen LogP contribution in [0.15, 0.2) is 12.3 Å². The summed E-state index contributed by atoms with van der Waals surface area (Å²) in [6, 6.07) is 0.921. The zero-order valence-corrected chi connectivity index (χ0v) is 12.3. The highest BCUT2D eigenvalue weighted by Crippen LogP contribution is 2.36. The van der Waals surface area contributed by atoms with Crippen LogP contribution >= 0.6 is 0 Å². The molecular weight excluding hydrogens is 295 g/mol. The molecule has 2 fully saturated rings. The summed E-state index contributed by atoms with van der Waals surface area (Å²) < 4.78 is 38.5. The Labute approximate surface area is 127 Å². The molecule has 2 aliphatic rings. The molecule has 122 valence electrons. The van der Waals surface area contributed by atoms with Gasteiger partial charge in [0, 0.05) is 18.8 Å². The van der Waals surface area contributed by atoms with Gasteiger partial charge in [-0.05, 0) is 31.2 Å². The number of β-amino-alcohol motifs (C(OH)–C–C–N with tert-alkyl or cyclic N) is 1. The molecule has 0 bridgehead atoms. The average molecular weight is 315 g/mol. The number of aromatic nitrogens is 2. The number of anilines is 1. The van der Waals surface area contributed by atoms with E-state index in [0.717, 1.165) is 37.9 Å². The van der Waals surface area contributed by atoms with E-state index in [4.69, 9.17) is 0 Å². The standard InChI is InChI=1S/C15H20F3N3O/c16-15(17,18)13-6-7-19-14(20-13)21-9-11(22)8-12(21)10-4-2-1-3-5-10/h6-7,10-12,22H,1-5,8-9H2/t11-,12-/m0/s1. The number of halogens is 3. The van der Waals surface area contributed by atoms with Gasteiger partial charge in [0.25, 0.3) is 0 Å². The van der Waals surface area contributed by atoms with Crippen LogP contribution in [0.25, 0.3) is 0 Å². The first kappa shape index (κ1) is 15.5. The SMILES string of the molecule is O[C@H]1C[C@@H](C2CCCCC2)N(c2nccc(C(F)(F)F)n2)C1. The summed E-state index contributed by atoms with van der Waals surface area (Å²) in [7, 11) is 0. The fraction of sp³-hybridized carbons (Fsp3) is 0.733. The molecule has 2 atom stereocenters. The van der Waals surface area contributed by atoms with E-state index in [9.17, 15) is 18.3 Å². The number of aliphatic hydroxyl groups is 1. The minimum atomic E-state index is -4.48. The predicted octanol–water partition coefficient (Wildman–Crippen LogP) is 3.02. The number of aliphatic hydroxyl groups excluding tert-OH is 1. The summed E-state index contributed by atoms with van der Waals surface area (Å²) in [6.07, 6.45) is 2.37. The van der Waals surface area contributed by atoms with Crippen molar-refractivity contribution in [1.29, 1.82) is 0 Å². The van der Waals surface area contributed by atoms with Gasteiger partial charge in [-0.15, -0.1) is 0 Å². The van der Waals surface area contributed by atoms with Gasteiger partial charge in [-0.1, -0.05) is 19.3 Å². The second kappa shape index (κ2) is 6.02. The summed E-state index contributed by atoms with van der Waals surface area (Å²) in [5.41, 5.74) is -0.929. The number of nitrogens with zero attached hydrogens (tertiary/aromatic N) is 3. The Hall–Kier alpha value is -1.37. The van der Waals surface area contributed by atoms with Crippen LogP contribution in [0.1, 0.15) is 44.2 Å². The fourth-order valence-corrected chi connectivity index (χ4v) is 3.68. The summed E-state index contributed by atoms with van der Waals surface area (Å²) in [5, 5.41) is 9.97. The van der Waals surface area contributed by atoms with Gasteiger partial charge in [0.05, 0.1) is 6.10 Å². The third-order valence-electron chi connectivity index (χ3n) is 4.71. The smallest absolute Gasteiger partial charge is 0.391 e. The molecule has 0 unspecified atom stereocenters. The second-order valence-electron chi connectivity index (χ2n) is 6.25. The molecular formula is C15H20F3N3O. The average Bonchev–Trinajstić information content (AvgIpc) is 2.89. The van der Waals surface area contributed by atoms with Crippen molar-refractivity contribution in [2.75, 3.05) is 11.4 Å². The Bertz CT molecular complexity index is 517. The Morgan fingerprint density at radius 2 is 1.91 bits per heavy atom. The lowest BCUT2D eigenvalue weighted by Crippen LogP contribution is -2.38. The molecule has 0 aromatic carbocycles. The maximum absolute atomic E-state index is 12.8. The van der Waals surface area contributed by atoms with E-state index in [0.29, 0.717) is 18.9 Å². The van der Waals surface area contributed by atoms with Crippen molar-refractivity contribution in [3.63, 3.8) is 0 Å². The number of rotatable bonds is 2. The van der Waals surface area contributed by atoms with Crippen molar-refractivity contribution in [2.45, 2.75) is 56.8 Å². The highest BCUT2D eigenvalue weighted by molar-refractivity contribution is 5.36. The second-order valence-corrected chi connectivity index (χ2v) is 6.25. The molecule has 2 heterocycles. The van der Waals surface area contributed by atoms with Crippen LogP contribution in [-0.4, -0.2) is 33.8 Å². The molecule has 4 nitrogen and oxygen atoms in total. The third kappa shape index (κ3) is 3.19. The first-order chi connectivity index (χ1) is 10.4. The molecule has 0 spiro atoms. The number of hydrogen-bond acceptors (Lipinski definition) is 4. The van der Waals surface area contributed by atoms with E-state index >= 15 is 0 Å². The topological polar surface area (TPSA) is 49.2 Å². The van der Waals surface area contributed by atoms with E-state index in [1.165, 1.54) is 6.42 Å². The van der Waals surface area contributed by atoms with E-state index in [1.54, 1.807) is 4.90 Å². The zero-order valence-electron chi connectivity index (χ0n) is 12.3. The van der Waals surface area contributed by atoms with Crippen molar-refractivity contribution in [3.8, 4) is 0 Å². The van der Waals surface area contributed by atoms with E-state index in [-0.39, 0.29) is 12.0 Å². The molecule has 0 amide bonds. The van der Waals surface area contributed by atoms with E-state index in [1.807, 2.05) is 0 Å². The molecule has 3 rings (SSSR count). The Morgan fingerprint density at radius 3 is 2.59 bits per heavy atom. The molecule has 7 heteroatoms. The lowest BCUT2D eigenvalue weighted by Gasteiger charge is -2.33. The van der Waals surface area contributed by atoms with Crippen LogP contribution in [0.4, 0.5) is 19.1 Å². The third-order valence-corrected chi connectivity index (χ3v) is 4.71. The molecule has 1 aliphatic carbocycles. The molecule has 1 saturated heterocycles. The predicted molar refractivity (Wildman–Crippen MR) is 75.4 cm³/mol. The van der Waals surface area contributed by atoms with Gasteiger partial charge < -0.3 is 10.0 Å². The first-order valence-electron chi connectivity index (χ1n) is 7.80. The molecule has 22 heavy (non-hydrogen) atoms. The molecule has 1 aromatic heterocycles. The van der Waals surface area contributed by atoms with Crippen molar-refractivity contribution in [3.05, 3.63) is 18.0 Å². The summed E-state index contributed by atoms with van der Waals surface area (Å²) in [5.74, 6) is 0.492. The van der Waals surface area contributed by atoms with E-state index < -0.39 is 18.0 Å².